The first-order valence-electron chi connectivity index (χ1n) is 6.72. The summed E-state index contributed by atoms with van der Waals surface area (Å²) in [4.78, 5) is 2.18. The van der Waals surface area contributed by atoms with Crippen LogP contribution in [0.1, 0.15) is 17.4 Å². The third kappa shape index (κ3) is 2.55. The Kier molecular flexibility index (Phi) is 3.71. The molecule has 1 atom stereocenters. The molecule has 0 aliphatic carbocycles. The monoisotopic (exact) mass is 276 g/mol. The van der Waals surface area contributed by atoms with Crippen molar-refractivity contribution in [3.8, 4) is 5.75 Å². The minimum Gasteiger partial charge on any atom is -0.508 e. The van der Waals surface area contributed by atoms with Gasteiger partial charge in [0.2, 0.25) is 0 Å². The Morgan fingerprint density at radius 3 is 2.75 bits per heavy atom. The fourth-order valence-electron chi connectivity index (χ4n) is 2.66. The average Bonchev–Trinajstić information content (AvgIpc) is 2.98. The predicted molar refractivity (Wildman–Crippen MR) is 73.1 cm³/mol. The lowest BCUT2D eigenvalue weighted by Gasteiger charge is -2.34. The van der Waals surface area contributed by atoms with Crippen LogP contribution < -0.4 is 5.32 Å². The number of aromatic hydroxyl groups is 1. The summed E-state index contributed by atoms with van der Waals surface area (Å²) in [6.45, 7) is 3.38. The Labute approximate surface area is 116 Å². The number of furan rings is 1. The van der Waals surface area contributed by atoms with E-state index in [0.29, 0.717) is 11.3 Å². The molecular weight excluding hydrogens is 259 g/mol. The van der Waals surface area contributed by atoms with E-state index in [1.54, 1.807) is 12.3 Å². The van der Waals surface area contributed by atoms with Crippen molar-refractivity contribution in [1.29, 1.82) is 0 Å². The molecule has 0 spiro atoms. The minimum atomic E-state index is -0.357. The van der Waals surface area contributed by atoms with Crippen molar-refractivity contribution in [2.75, 3.05) is 26.2 Å². The van der Waals surface area contributed by atoms with Crippen LogP contribution in [0.3, 0.4) is 0 Å². The number of rotatable bonds is 3. The lowest BCUT2D eigenvalue weighted by Crippen LogP contribution is -2.45. The molecule has 0 radical (unpaired) electrons. The molecule has 4 nitrogen and oxygen atoms in total. The maximum atomic E-state index is 13.5. The molecule has 20 heavy (non-hydrogen) atoms. The Bertz CT molecular complexity index is 565. The fraction of sp³-hybridized carbons (Fsp3) is 0.333. The van der Waals surface area contributed by atoms with Gasteiger partial charge in [-0.3, -0.25) is 4.90 Å². The van der Waals surface area contributed by atoms with Gasteiger partial charge in [-0.05, 0) is 30.3 Å². The van der Waals surface area contributed by atoms with Gasteiger partial charge < -0.3 is 14.8 Å². The first-order valence-corrected chi connectivity index (χ1v) is 6.72. The van der Waals surface area contributed by atoms with Gasteiger partial charge in [-0.1, -0.05) is 0 Å². The zero-order chi connectivity index (χ0) is 13.9. The molecule has 1 fully saturated rings. The van der Waals surface area contributed by atoms with Gasteiger partial charge in [-0.15, -0.1) is 0 Å². The van der Waals surface area contributed by atoms with Crippen molar-refractivity contribution >= 4 is 0 Å². The van der Waals surface area contributed by atoms with E-state index in [2.05, 4.69) is 10.2 Å². The zero-order valence-electron chi connectivity index (χ0n) is 11.1. The molecule has 5 heteroatoms. The molecule has 2 N–H and O–H groups in total. The van der Waals surface area contributed by atoms with Crippen molar-refractivity contribution in [2.45, 2.75) is 6.04 Å². The number of hydrogen-bond donors (Lipinski definition) is 2. The van der Waals surface area contributed by atoms with Crippen LogP contribution >= 0.6 is 0 Å². The average molecular weight is 276 g/mol. The van der Waals surface area contributed by atoms with Gasteiger partial charge in [0.25, 0.3) is 0 Å². The number of piperazine rings is 1. The van der Waals surface area contributed by atoms with Gasteiger partial charge in [0.1, 0.15) is 17.3 Å². The highest BCUT2D eigenvalue weighted by atomic mass is 19.1. The van der Waals surface area contributed by atoms with Crippen molar-refractivity contribution in [2.24, 2.45) is 0 Å². The van der Waals surface area contributed by atoms with Crippen LogP contribution in [0.5, 0.6) is 5.75 Å². The van der Waals surface area contributed by atoms with E-state index < -0.39 is 0 Å². The zero-order valence-corrected chi connectivity index (χ0v) is 11.1. The maximum absolute atomic E-state index is 13.5. The fourth-order valence-corrected chi connectivity index (χ4v) is 2.66. The lowest BCUT2D eigenvalue weighted by atomic mass is 10.0. The topological polar surface area (TPSA) is 48.6 Å². The van der Waals surface area contributed by atoms with Crippen molar-refractivity contribution in [3.63, 3.8) is 0 Å². The number of benzene rings is 1. The summed E-state index contributed by atoms with van der Waals surface area (Å²) in [6.07, 6.45) is 1.60. The number of phenolic OH excluding ortho intramolecular Hbond substituents is 1. The highest BCUT2D eigenvalue weighted by Gasteiger charge is 2.28. The first-order chi connectivity index (χ1) is 9.75. The standard InChI is InChI=1S/C15H17FN2O2/c16-11-3-4-13(19)12(10-11)15(14-2-1-9-20-14)18-7-5-17-6-8-18/h1-4,9-10,15,17,19H,5-8H2/t15-/m1/s1. The summed E-state index contributed by atoms with van der Waals surface area (Å²) >= 11 is 0. The number of nitrogens with one attached hydrogen (secondary N) is 1. The van der Waals surface area contributed by atoms with Crippen LogP contribution in [0.15, 0.2) is 41.0 Å². The van der Waals surface area contributed by atoms with Crippen molar-refractivity contribution in [3.05, 3.63) is 53.7 Å². The largest absolute Gasteiger partial charge is 0.508 e. The smallest absolute Gasteiger partial charge is 0.125 e. The second-order valence-corrected chi connectivity index (χ2v) is 4.91. The molecule has 1 saturated heterocycles. The van der Waals surface area contributed by atoms with Crippen LogP contribution in [-0.2, 0) is 0 Å². The SMILES string of the molecule is Oc1ccc(F)cc1[C@H](c1ccco1)N1CCNCC1. The third-order valence-electron chi connectivity index (χ3n) is 3.61. The summed E-state index contributed by atoms with van der Waals surface area (Å²) in [6, 6.07) is 7.43. The van der Waals surface area contributed by atoms with Crippen molar-refractivity contribution < 1.29 is 13.9 Å². The van der Waals surface area contributed by atoms with Gasteiger partial charge in [0.05, 0.1) is 12.3 Å². The molecule has 0 amide bonds. The van der Waals surface area contributed by atoms with Gasteiger partial charge in [-0.2, -0.15) is 0 Å². The molecule has 0 saturated carbocycles. The number of halogens is 1. The van der Waals surface area contributed by atoms with E-state index in [1.165, 1.54) is 18.2 Å². The predicted octanol–water partition coefficient (Wildman–Crippen LogP) is 2.12. The van der Waals surface area contributed by atoms with Crippen LogP contribution in [0.2, 0.25) is 0 Å². The van der Waals surface area contributed by atoms with Gasteiger partial charge in [0.15, 0.2) is 0 Å². The minimum absolute atomic E-state index is 0.0892. The van der Waals surface area contributed by atoms with Crippen LogP contribution in [0.4, 0.5) is 4.39 Å². The third-order valence-corrected chi connectivity index (χ3v) is 3.61. The van der Waals surface area contributed by atoms with Crippen molar-refractivity contribution in [1.82, 2.24) is 10.2 Å². The summed E-state index contributed by atoms with van der Waals surface area (Å²) in [5, 5.41) is 13.4. The normalized spacial score (nSPS) is 18.1. The second-order valence-electron chi connectivity index (χ2n) is 4.91. The van der Waals surface area contributed by atoms with Crippen LogP contribution in [0, 0.1) is 5.82 Å². The molecule has 106 valence electrons. The van der Waals surface area contributed by atoms with Gasteiger partial charge in [0, 0.05) is 31.7 Å². The molecule has 2 aromatic rings. The lowest BCUT2D eigenvalue weighted by molar-refractivity contribution is 0.177. The van der Waals surface area contributed by atoms with E-state index in [1.807, 2.05) is 6.07 Å². The van der Waals surface area contributed by atoms with Crippen LogP contribution in [-0.4, -0.2) is 36.2 Å². The highest BCUT2D eigenvalue weighted by molar-refractivity contribution is 5.39. The van der Waals surface area contributed by atoms with Crippen LogP contribution in [0.25, 0.3) is 0 Å². The highest BCUT2D eigenvalue weighted by Crippen LogP contribution is 2.35. The summed E-state index contributed by atoms with van der Waals surface area (Å²) in [5.74, 6) is 0.448. The van der Waals surface area contributed by atoms with E-state index >= 15 is 0 Å². The summed E-state index contributed by atoms with van der Waals surface area (Å²) < 4.78 is 19.0. The molecule has 0 bridgehead atoms. The second kappa shape index (κ2) is 5.64. The van der Waals surface area contributed by atoms with E-state index in [4.69, 9.17) is 4.42 Å². The molecule has 0 unspecified atom stereocenters. The van der Waals surface area contributed by atoms with E-state index in [-0.39, 0.29) is 17.6 Å². The Balaban J connectivity index is 2.02. The van der Waals surface area contributed by atoms with E-state index in [9.17, 15) is 9.50 Å². The van der Waals surface area contributed by atoms with Gasteiger partial charge >= 0.3 is 0 Å². The molecule has 1 aliphatic heterocycles. The molecule has 3 rings (SSSR count). The molecule has 1 aromatic carbocycles. The summed E-state index contributed by atoms with van der Waals surface area (Å²) in [7, 11) is 0. The Morgan fingerprint density at radius 2 is 2.05 bits per heavy atom. The molecule has 2 heterocycles. The quantitative estimate of drug-likeness (QED) is 0.901. The summed E-state index contributed by atoms with van der Waals surface area (Å²) in [5.41, 5.74) is 0.543. The number of nitrogens with zero attached hydrogens (tertiary/aromatic N) is 1. The first kappa shape index (κ1) is 13.1. The number of phenols is 1. The molecular formula is C15H17FN2O2. The Morgan fingerprint density at radius 1 is 1.25 bits per heavy atom. The van der Waals surface area contributed by atoms with Gasteiger partial charge in [-0.25, -0.2) is 4.39 Å². The molecule has 1 aliphatic rings. The van der Waals surface area contributed by atoms with E-state index in [0.717, 1.165) is 26.2 Å². The number of hydrogen-bond acceptors (Lipinski definition) is 4. The molecule has 1 aromatic heterocycles. The maximum Gasteiger partial charge on any atom is 0.125 e. The Hall–Kier alpha value is -1.85.